The summed E-state index contributed by atoms with van der Waals surface area (Å²) in [6, 6.07) is 8.43. The Kier molecular flexibility index (Phi) is 7.37. The Morgan fingerprint density at radius 2 is 1.94 bits per heavy atom. The third kappa shape index (κ3) is 5.98. The lowest BCUT2D eigenvalue weighted by Crippen LogP contribution is -2.37. The average molecular weight is 266 g/mol. The molecule has 0 radical (unpaired) electrons. The van der Waals surface area contributed by atoms with Crippen molar-refractivity contribution in [2.75, 3.05) is 26.8 Å². The van der Waals surface area contributed by atoms with Gasteiger partial charge in [0.1, 0.15) is 0 Å². The SMILES string of the molecule is COCCCNC(=S)NCCc1ccccc1C. The number of ether oxygens (including phenoxy) is 1. The van der Waals surface area contributed by atoms with Crippen molar-refractivity contribution in [3.05, 3.63) is 35.4 Å². The van der Waals surface area contributed by atoms with E-state index >= 15 is 0 Å². The van der Waals surface area contributed by atoms with Gasteiger partial charge in [-0.1, -0.05) is 24.3 Å². The van der Waals surface area contributed by atoms with Crippen LogP contribution in [0.25, 0.3) is 0 Å². The van der Waals surface area contributed by atoms with E-state index in [-0.39, 0.29) is 0 Å². The molecule has 0 atom stereocenters. The van der Waals surface area contributed by atoms with Crippen molar-refractivity contribution < 1.29 is 4.74 Å². The first-order chi connectivity index (χ1) is 8.74. The van der Waals surface area contributed by atoms with Gasteiger partial charge in [0.2, 0.25) is 0 Å². The summed E-state index contributed by atoms with van der Waals surface area (Å²) in [6.07, 6.45) is 1.96. The van der Waals surface area contributed by atoms with Crippen LogP contribution in [0.2, 0.25) is 0 Å². The number of thiocarbonyl (C=S) groups is 1. The molecule has 3 nitrogen and oxygen atoms in total. The van der Waals surface area contributed by atoms with E-state index in [4.69, 9.17) is 17.0 Å². The van der Waals surface area contributed by atoms with Crippen LogP contribution in [-0.2, 0) is 11.2 Å². The van der Waals surface area contributed by atoms with Crippen LogP contribution in [-0.4, -0.2) is 31.9 Å². The van der Waals surface area contributed by atoms with Crippen molar-refractivity contribution in [3.8, 4) is 0 Å². The minimum atomic E-state index is 0.722. The van der Waals surface area contributed by atoms with Crippen LogP contribution in [0.15, 0.2) is 24.3 Å². The molecule has 4 heteroatoms. The highest BCUT2D eigenvalue weighted by Crippen LogP contribution is 2.06. The molecule has 0 amide bonds. The minimum absolute atomic E-state index is 0.722. The largest absolute Gasteiger partial charge is 0.385 e. The first kappa shape index (κ1) is 14.9. The van der Waals surface area contributed by atoms with Crippen LogP contribution >= 0.6 is 12.2 Å². The Labute approximate surface area is 115 Å². The number of benzene rings is 1. The molecule has 2 N–H and O–H groups in total. The molecule has 0 spiro atoms. The standard InChI is InChI=1S/C14H22N2OS/c1-12-6-3-4-7-13(12)8-10-16-14(18)15-9-5-11-17-2/h3-4,6-7H,5,8-11H2,1-2H3,(H2,15,16,18). The Balaban J connectivity index is 2.14. The molecule has 1 aromatic rings. The summed E-state index contributed by atoms with van der Waals surface area (Å²) in [6.45, 7) is 4.61. The molecular weight excluding hydrogens is 244 g/mol. The maximum absolute atomic E-state index is 5.19. The molecule has 0 saturated heterocycles. The van der Waals surface area contributed by atoms with Crippen LogP contribution in [0.5, 0.6) is 0 Å². The van der Waals surface area contributed by atoms with Crippen molar-refractivity contribution in [2.24, 2.45) is 0 Å². The quantitative estimate of drug-likeness (QED) is 0.584. The fraction of sp³-hybridized carbons (Fsp3) is 0.500. The summed E-state index contributed by atoms with van der Waals surface area (Å²) in [5.74, 6) is 0. The van der Waals surface area contributed by atoms with Crippen molar-refractivity contribution in [1.82, 2.24) is 10.6 Å². The van der Waals surface area contributed by atoms with Gasteiger partial charge in [-0.05, 0) is 43.1 Å². The molecule has 0 fully saturated rings. The second kappa shape index (κ2) is 8.89. The fourth-order valence-electron chi connectivity index (χ4n) is 1.68. The van der Waals surface area contributed by atoms with Crippen molar-refractivity contribution in [3.63, 3.8) is 0 Å². The zero-order valence-corrected chi connectivity index (χ0v) is 12.0. The van der Waals surface area contributed by atoms with Gasteiger partial charge in [-0.25, -0.2) is 0 Å². The number of rotatable bonds is 7. The number of nitrogens with one attached hydrogen (secondary N) is 2. The van der Waals surface area contributed by atoms with E-state index < -0.39 is 0 Å². The van der Waals surface area contributed by atoms with Crippen molar-refractivity contribution in [1.29, 1.82) is 0 Å². The van der Waals surface area contributed by atoms with Gasteiger partial charge in [0.25, 0.3) is 0 Å². The number of hydrogen-bond acceptors (Lipinski definition) is 2. The third-order valence-electron chi connectivity index (χ3n) is 2.75. The van der Waals surface area contributed by atoms with Crippen molar-refractivity contribution >= 4 is 17.3 Å². The van der Waals surface area contributed by atoms with Gasteiger partial charge >= 0.3 is 0 Å². The lowest BCUT2D eigenvalue weighted by atomic mass is 10.1. The predicted octanol–water partition coefficient (Wildman–Crippen LogP) is 2.04. The van der Waals surface area contributed by atoms with Crippen molar-refractivity contribution in [2.45, 2.75) is 19.8 Å². The lowest BCUT2D eigenvalue weighted by molar-refractivity contribution is 0.195. The molecule has 18 heavy (non-hydrogen) atoms. The Morgan fingerprint density at radius 1 is 1.22 bits per heavy atom. The number of hydrogen-bond donors (Lipinski definition) is 2. The molecule has 0 unspecified atom stereocenters. The summed E-state index contributed by atoms with van der Waals surface area (Å²) < 4.78 is 4.97. The molecular formula is C14H22N2OS. The van der Waals surface area contributed by atoms with Gasteiger partial charge in [-0.15, -0.1) is 0 Å². The van der Waals surface area contributed by atoms with E-state index in [1.807, 2.05) is 0 Å². The summed E-state index contributed by atoms with van der Waals surface area (Å²) in [5.41, 5.74) is 2.70. The molecule has 0 heterocycles. The Bertz CT molecular complexity index is 369. The second-order valence-electron chi connectivity index (χ2n) is 4.21. The van der Waals surface area contributed by atoms with E-state index in [2.05, 4.69) is 41.8 Å². The van der Waals surface area contributed by atoms with E-state index in [1.165, 1.54) is 11.1 Å². The van der Waals surface area contributed by atoms with Gasteiger partial charge in [0.05, 0.1) is 0 Å². The monoisotopic (exact) mass is 266 g/mol. The van der Waals surface area contributed by atoms with E-state index in [0.717, 1.165) is 37.7 Å². The highest BCUT2D eigenvalue weighted by Gasteiger charge is 1.98. The van der Waals surface area contributed by atoms with Crippen LogP contribution in [0.4, 0.5) is 0 Å². The smallest absolute Gasteiger partial charge is 0.166 e. The lowest BCUT2D eigenvalue weighted by Gasteiger charge is -2.11. The molecule has 0 aromatic heterocycles. The maximum atomic E-state index is 5.19. The van der Waals surface area contributed by atoms with Crippen LogP contribution < -0.4 is 10.6 Å². The molecule has 0 aliphatic carbocycles. The molecule has 100 valence electrons. The second-order valence-corrected chi connectivity index (χ2v) is 4.61. The van der Waals surface area contributed by atoms with Crippen LogP contribution in [0.1, 0.15) is 17.5 Å². The molecule has 0 saturated carbocycles. The topological polar surface area (TPSA) is 33.3 Å². The van der Waals surface area contributed by atoms with Crippen LogP contribution in [0.3, 0.4) is 0 Å². The summed E-state index contributed by atoms with van der Waals surface area (Å²) >= 11 is 5.19. The predicted molar refractivity (Wildman–Crippen MR) is 80.0 cm³/mol. The fourth-order valence-corrected chi connectivity index (χ4v) is 1.89. The highest BCUT2D eigenvalue weighted by atomic mass is 32.1. The van der Waals surface area contributed by atoms with Crippen LogP contribution in [0, 0.1) is 6.92 Å². The Hall–Kier alpha value is -1.13. The molecule has 1 rings (SSSR count). The Morgan fingerprint density at radius 3 is 2.67 bits per heavy atom. The number of aryl methyl sites for hydroxylation is 1. The zero-order valence-electron chi connectivity index (χ0n) is 11.2. The summed E-state index contributed by atoms with van der Waals surface area (Å²) in [7, 11) is 1.71. The third-order valence-corrected chi connectivity index (χ3v) is 3.04. The van der Waals surface area contributed by atoms with E-state index in [0.29, 0.717) is 0 Å². The van der Waals surface area contributed by atoms with Gasteiger partial charge in [0, 0.05) is 26.8 Å². The average Bonchev–Trinajstić information content (AvgIpc) is 2.37. The molecule has 0 aliphatic rings. The van der Waals surface area contributed by atoms with Gasteiger partial charge in [-0.3, -0.25) is 0 Å². The zero-order chi connectivity index (χ0) is 13.2. The number of methoxy groups -OCH3 is 1. The first-order valence-electron chi connectivity index (χ1n) is 6.29. The maximum Gasteiger partial charge on any atom is 0.166 e. The molecule has 0 aliphatic heterocycles. The van der Waals surface area contributed by atoms with Gasteiger partial charge < -0.3 is 15.4 Å². The van der Waals surface area contributed by atoms with Gasteiger partial charge in [0.15, 0.2) is 5.11 Å². The normalized spacial score (nSPS) is 10.1. The van der Waals surface area contributed by atoms with E-state index in [1.54, 1.807) is 7.11 Å². The van der Waals surface area contributed by atoms with Gasteiger partial charge in [-0.2, -0.15) is 0 Å². The molecule has 0 bridgehead atoms. The summed E-state index contributed by atoms with van der Waals surface area (Å²) in [4.78, 5) is 0. The summed E-state index contributed by atoms with van der Waals surface area (Å²) in [5, 5.41) is 7.10. The minimum Gasteiger partial charge on any atom is -0.385 e. The highest BCUT2D eigenvalue weighted by molar-refractivity contribution is 7.80. The molecule has 1 aromatic carbocycles. The van der Waals surface area contributed by atoms with E-state index in [9.17, 15) is 0 Å². The first-order valence-corrected chi connectivity index (χ1v) is 6.70.